The standard InChI is InChI=1S/C21H25O8P/c1-5-11-26-19-13-15(28-22)7-9-17(19)21(3,4)18-10-8-16(29-30(23,24)25)14-20(18)27-12-6-2/h5-10,13-14,22H,1-2,11-12H2,3-4H3,(H2,23,24,25). The molecule has 2 rings (SSSR count). The Labute approximate surface area is 175 Å². The summed E-state index contributed by atoms with van der Waals surface area (Å²) >= 11 is 0. The number of phosphoric ester groups is 1. The van der Waals surface area contributed by atoms with Gasteiger partial charge in [0.15, 0.2) is 5.75 Å². The molecule has 0 aliphatic carbocycles. The third-order valence-electron chi connectivity index (χ3n) is 4.30. The summed E-state index contributed by atoms with van der Waals surface area (Å²) in [6.45, 7) is 11.6. The monoisotopic (exact) mass is 436 g/mol. The quantitative estimate of drug-likeness (QED) is 0.205. The molecule has 0 aliphatic heterocycles. The fraction of sp³-hybridized carbons (Fsp3) is 0.238. The van der Waals surface area contributed by atoms with E-state index in [9.17, 15) is 4.57 Å². The van der Waals surface area contributed by atoms with Crippen LogP contribution in [0, 0.1) is 0 Å². The molecule has 0 spiro atoms. The zero-order chi connectivity index (χ0) is 22.4. The lowest BCUT2D eigenvalue weighted by atomic mass is 9.77. The molecule has 162 valence electrons. The Morgan fingerprint density at radius 1 is 0.933 bits per heavy atom. The Kier molecular flexibility index (Phi) is 7.70. The van der Waals surface area contributed by atoms with Gasteiger partial charge in [-0.15, -0.1) is 0 Å². The zero-order valence-electron chi connectivity index (χ0n) is 16.8. The minimum absolute atomic E-state index is 0.0332. The Bertz CT molecular complexity index is 948. The highest BCUT2D eigenvalue weighted by Crippen LogP contribution is 2.45. The maximum absolute atomic E-state index is 11.2. The topological polar surface area (TPSA) is 115 Å². The Balaban J connectivity index is 2.58. The number of hydrogen-bond donors (Lipinski definition) is 3. The first-order valence-corrected chi connectivity index (χ1v) is 10.5. The molecule has 0 saturated heterocycles. The second kappa shape index (κ2) is 9.82. The van der Waals surface area contributed by atoms with E-state index in [2.05, 4.69) is 22.6 Å². The summed E-state index contributed by atoms with van der Waals surface area (Å²) in [6.07, 6.45) is 3.15. The van der Waals surface area contributed by atoms with E-state index in [0.717, 1.165) is 5.56 Å². The lowest BCUT2D eigenvalue weighted by Gasteiger charge is -2.30. The molecule has 0 aromatic heterocycles. The van der Waals surface area contributed by atoms with Crippen LogP contribution >= 0.6 is 7.82 Å². The molecule has 0 radical (unpaired) electrons. The first-order valence-electron chi connectivity index (χ1n) is 8.95. The van der Waals surface area contributed by atoms with Crippen LogP contribution < -0.4 is 18.9 Å². The van der Waals surface area contributed by atoms with Crippen LogP contribution in [0.4, 0.5) is 0 Å². The molecule has 2 aromatic carbocycles. The summed E-state index contributed by atoms with van der Waals surface area (Å²) in [7, 11) is -4.72. The average molecular weight is 436 g/mol. The largest absolute Gasteiger partial charge is 0.524 e. The van der Waals surface area contributed by atoms with E-state index in [4.69, 9.17) is 24.5 Å². The molecule has 0 fully saturated rings. The van der Waals surface area contributed by atoms with Crippen LogP contribution in [-0.4, -0.2) is 28.3 Å². The van der Waals surface area contributed by atoms with Gasteiger partial charge in [0.2, 0.25) is 0 Å². The van der Waals surface area contributed by atoms with E-state index in [0.29, 0.717) is 17.1 Å². The summed E-state index contributed by atoms with van der Waals surface area (Å²) in [6, 6.07) is 9.42. The molecule has 8 nitrogen and oxygen atoms in total. The molecule has 0 atom stereocenters. The number of phosphoric acid groups is 1. The van der Waals surface area contributed by atoms with Crippen molar-refractivity contribution in [2.24, 2.45) is 0 Å². The zero-order valence-corrected chi connectivity index (χ0v) is 17.7. The van der Waals surface area contributed by atoms with Crippen molar-refractivity contribution in [3.63, 3.8) is 0 Å². The van der Waals surface area contributed by atoms with Gasteiger partial charge in [-0.05, 0) is 12.1 Å². The molecule has 0 unspecified atom stereocenters. The van der Waals surface area contributed by atoms with E-state index in [1.54, 1.807) is 36.4 Å². The molecule has 0 bridgehead atoms. The second-order valence-electron chi connectivity index (χ2n) is 6.81. The van der Waals surface area contributed by atoms with E-state index in [1.807, 2.05) is 13.8 Å². The van der Waals surface area contributed by atoms with Crippen molar-refractivity contribution in [1.82, 2.24) is 0 Å². The molecule has 2 aromatic rings. The fourth-order valence-electron chi connectivity index (χ4n) is 2.97. The van der Waals surface area contributed by atoms with Gasteiger partial charge in [0.05, 0.1) is 0 Å². The molecule has 0 heterocycles. The molecule has 3 N–H and O–H groups in total. The normalized spacial score (nSPS) is 11.5. The van der Waals surface area contributed by atoms with Gasteiger partial charge < -0.3 is 18.9 Å². The number of ether oxygens (including phenoxy) is 2. The first kappa shape index (κ1) is 23.5. The van der Waals surface area contributed by atoms with Gasteiger partial charge in [-0.1, -0.05) is 51.3 Å². The summed E-state index contributed by atoms with van der Waals surface area (Å²) < 4.78 is 27.4. The number of benzene rings is 2. The minimum atomic E-state index is -4.72. The van der Waals surface area contributed by atoms with E-state index in [-0.39, 0.29) is 24.7 Å². The van der Waals surface area contributed by atoms with Crippen LogP contribution in [0.5, 0.6) is 23.0 Å². The predicted octanol–water partition coefficient (Wildman–Crippen LogP) is 4.47. The van der Waals surface area contributed by atoms with Gasteiger partial charge >= 0.3 is 7.82 Å². The Hall–Kier alpha value is -2.77. The van der Waals surface area contributed by atoms with Crippen LogP contribution in [0.25, 0.3) is 0 Å². The van der Waals surface area contributed by atoms with E-state index < -0.39 is 13.2 Å². The lowest BCUT2D eigenvalue weighted by molar-refractivity contribution is -0.137. The summed E-state index contributed by atoms with van der Waals surface area (Å²) in [5.41, 5.74) is 0.794. The second-order valence-corrected chi connectivity index (χ2v) is 7.98. The van der Waals surface area contributed by atoms with Crippen molar-refractivity contribution in [1.29, 1.82) is 0 Å². The van der Waals surface area contributed by atoms with Crippen LogP contribution in [0.15, 0.2) is 61.7 Å². The maximum Gasteiger partial charge on any atom is 0.524 e. The summed E-state index contributed by atoms with van der Waals surface area (Å²) in [5.74, 6) is 1.01. The third-order valence-corrected chi connectivity index (χ3v) is 4.74. The highest BCUT2D eigenvalue weighted by molar-refractivity contribution is 7.46. The van der Waals surface area contributed by atoms with Gasteiger partial charge in [0.25, 0.3) is 0 Å². The molecular weight excluding hydrogens is 411 g/mol. The Morgan fingerprint density at radius 3 is 1.83 bits per heavy atom. The van der Waals surface area contributed by atoms with Crippen LogP contribution in [0.1, 0.15) is 25.0 Å². The average Bonchev–Trinajstić information content (AvgIpc) is 2.69. The van der Waals surface area contributed by atoms with Gasteiger partial charge in [-0.2, -0.15) is 0 Å². The van der Waals surface area contributed by atoms with Crippen molar-refractivity contribution in [3.05, 3.63) is 72.8 Å². The van der Waals surface area contributed by atoms with Crippen molar-refractivity contribution >= 4 is 7.82 Å². The highest BCUT2D eigenvalue weighted by Gasteiger charge is 2.31. The minimum Gasteiger partial charge on any atom is -0.489 e. The van der Waals surface area contributed by atoms with Crippen LogP contribution in [0.2, 0.25) is 0 Å². The summed E-state index contributed by atoms with van der Waals surface area (Å²) in [4.78, 5) is 22.5. The number of hydrogen-bond acceptors (Lipinski definition) is 6. The molecule has 9 heteroatoms. The molecule has 0 saturated carbocycles. The predicted molar refractivity (Wildman–Crippen MR) is 112 cm³/mol. The van der Waals surface area contributed by atoms with Crippen molar-refractivity contribution < 1.29 is 38.5 Å². The smallest absolute Gasteiger partial charge is 0.489 e. The van der Waals surface area contributed by atoms with Gasteiger partial charge in [-0.25, -0.2) is 9.82 Å². The molecule has 30 heavy (non-hydrogen) atoms. The summed E-state index contributed by atoms with van der Waals surface area (Å²) in [5, 5.41) is 8.98. The molecular formula is C21H25O8P. The van der Waals surface area contributed by atoms with Gasteiger partial charge in [-0.3, -0.25) is 9.79 Å². The van der Waals surface area contributed by atoms with Crippen molar-refractivity contribution in [2.45, 2.75) is 19.3 Å². The highest BCUT2D eigenvalue weighted by atomic mass is 31.2. The van der Waals surface area contributed by atoms with Crippen LogP contribution in [0.3, 0.4) is 0 Å². The lowest BCUT2D eigenvalue weighted by Crippen LogP contribution is -2.21. The van der Waals surface area contributed by atoms with Crippen LogP contribution in [-0.2, 0) is 9.98 Å². The molecule has 0 amide bonds. The third kappa shape index (κ3) is 5.87. The van der Waals surface area contributed by atoms with Gasteiger partial charge in [0.1, 0.15) is 30.5 Å². The van der Waals surface area contributed by atoms with E-state index >= 15 is 0 Å². The van der Waals surface area contributed by atoms with Gasteiger partial charge in [0, 0.05) is 28.7 Å². The van der Waals surface area contributed by atoms with Crippen molar-refractivity contribution in [2.75, 3.05) is 13.2 Å². The SMILES string of the molecule is C=CCOc1cc(OO)ccc1C(C)(C)c1ccc(OP(=O)(O)O)cc1OCC=C. The first-order chi connectivity index (χ1) is 14.1. The maximum atomic E-state index is 11.2. The number of rotatable bonds is 11. The van der Waals surface area contributed by atoms with E-state index in [1.165, 1.54) is 12.1 Å². The van der Waals surface area contributed by atoms with Crippen molar-refractivity contribution in [3.8, 4) is 23.0 Å². The Morgan fingerprint density at radius 2 is 1.40 bits per heavy atom. The fourth-order valence-corrected chi connectivity index (χ4v) is 3.36. The molecule has 0 aliphatic rings.